The van der Waals surface area contributed by atoms with Crippen LogP contribution in [0.1, 0.15) is 82.4 Å². The number of anilines is 1. The summed E-state index contributed by atoms with van der Waals surface area (Å²) in [5, 5.41) is 0. The molecule has 1 amide bonds. The molecule has 296 valence electrons. The Balaban J connectivity index is 1.71. The van der Waals surface area contributed by atoms with Crippen molar-refractivity contribution in [1.82, 2.24) is 5.43 Å². The first-order valence-electron chi connectivity index (χ1n) is 17.6. The number of hydrogen-bond acceptors (Lipinski definition) is 12. The topological polar surface area (TPSA) is 233 Å². The van der Waals surface area contributed by atoms with E-state index in [2.05, 4.69) is 23.3 Å². The predicted molar refractivity (Wildman–Crippen MR) is 203 cm³/mol. The molecule has 0 aromatic heterocycles. The molecule has 0 saturated carbocycles. The van der Waals surface area contributed by atoms with Crippen molar-refractivity contribution in [3.05, 3.63) is 89.2 Å². The van der Waals surface area contributed by atoms with E-state index in [0.29, 0.717) is 36.3 Å². The van der Waals surface area contributed by atoms with E-state index in [4.69, 9.17) is 5.84 Å². The number of nitrogens with two attached hydrogens (primary N) is 1. The maximum Gasteiger partial charge on any atom is 0.233 e. The number of unbranched alkanes of at least 4 members (excludes halogenated alkanes) is 2. The fourth-order valence-corrected chi connectivity index (χ4v) is 8.85. The summed E-state index contributed by atoms with van der Waals surface area (Å²) in [6.07, 6.45) is 12.6. The van der Waals surface area contributed by atoms with E-state index >= 15 is 0 Å². The number of carbonyl (C=O) groups excluding carboxylic acids is 1. The Morgan fingerprint density at radius 1 is 0.852 bits per heavy atom. The zero-order chi connectivity index (χ0) is 40.1. The molecule has 0 bridgehead atoms. The quantitative estimate of drug-likeness (QED) is 0.0416. The maximum atomic E-state index is 11.9. The molecule has 0 saturated heterocycles. The van der Waals surface area contributed by atoms with Crippen LogP contribution in [0, 0.1) is 6.92 Å². The first-order valence-corrected chi connectivity index (χ1v) is 22.2. The van der Waals surface area contributed by atoms with Gasteiger partial charge in [-0.3, -0.25) is 10.2 Å². The van der Waals surface area contributed by atoms with Crippen molar-refractivity contribution in [1.29, 1.82) is 0 Å². The average Bonchev–Trinajstić information content (AvgIpc) is 3.41. The minimum Gasteiger partial charge on any atom is -0.748 e. The van der Waals surface area contributed by atoms with Crippen molar-refractivity contribution >= 4 is 53.3 Å². The van der Waals surface area contributed by atoms with Crippen molar-refractivity contribution in [3.63, 3.8) is 0 Å². The predicted octanol–water partition coefficient (Wildman–Crippen LogP) is 3.86. The van der Waals surface area contributed by atoms with Crippen LogP contribution in [0.15, 0.2) is 77.4 Å². The minimum absolute atomic E-state index is 0.0184. The lowest BCUT2D eigenvalue weighted by atomic mass is 9.76. The number of fused-ring (bicyclic) bond motifs is 2. The Bertz CT molecular complexity index is 2210. The van der Waals surface area contributed by atoms with E-state index in [-0.39, 0.29) is 30.2 Å². The molecule has 0 aliphatic carbocycles. The van der Waals surface area contributed by atoms with Crippen LogP contribution in [0.5, 0.6) is 0 Å². The summed E-state index contributed by atoms with van der Waals surface area (Å²) in [5.41, 5.74) is 6.63. The van der Waals surface area contributed by atoms with Gasteiger partial charge in [0.1, 0.15) is 16.7 Å². The second-order valence-electron chi connectivity index (χ2n) is 14.5. The summed E-state index contributed by atoms with van der Waals surface area (Å²) < 4.78 is 106. The Labute approximate surface area is 318 Å². The first-order chi connectivity index (χ1) is 25.1. The second-order valence-corrected chi connectivity index (χ2v) is 18.9. The van der Waals surface area contributed by atoms with Crippen LogP contribution in [0.25, 0.3) is 0 Å². The smallest absolute Gasteiger partial charge is 0.233 e. The van der Waals surface area contributed by atoms with Crippen molar-refractivity contribution in [2.45, 2.75) is 88.4 Å². The summed E-state index contributed by atoms with van der Waals surface area (Å²) in [6, 6.07) is 10.1. The van der Waals surface area contributed by atoms with Crippen LogP contribution in [0.4, 0.5) is 11.4 Å². The molecule has 0 radical (unpaired) electrons. The number of hydrazine groups is 1. The highest BCUT2D eigenvalue weighted by Gasteiger charge is 2.45. The molecule has 54 heavy (non-hydrogen) atoms. The molecule has 2 aromatic rings. The van der Waals surface area contributed by atoms with Gasteiger partial charge in [0.25, 0.3) is 0 Å². The first kappa shape index (κ1) is 43.0. The number of nitrogens with zero attached hydrogens (tertiary/aromatic N) is 2. The van der Waals surface area contributed by atoms with Gasteiger partial charge in [-0.2, -0.15) is 4.58 Å². The molecule has 1 atom stereocenters. The lowest BCUT2D eigenvalue weighted by Gasteiger charge is -2.30. The standard InChI is InChI=1S/C37H50N4O10S3/c1-27-16-18-32-30(25-27)37(4,20-10-6-9-15-35(42)39-38)34(41(32)22-12-24-53(46,47)48)14-8-5-7-13-33-36(2,3)29-26-28(54(49,50)51)17-19-31(29)40(33)21-11-23-52(43,44)45/h5,7-8,13-14,16-19,25-26H,6,9-12,15,20-24,38H2,1-4H3,(H3-,39,42,43,44,45,46,47,48,49,50,51)/p-2. The fraction of sp³-hybridized carbons (Fsp3) is 0.459. The molecule has 14 nitrogen and oxygen atoms in total. The SMILES string of the molecule is Cc1ccc2c(c1)C(C)(CCCCCC(=O)NN)C(=CC=CC=CC1=[N+](CCCS(=O)(=O)[O-])c3ccc(S(=O)(=O)[O-])cc3C1(C)C)N2CCCS(=O)(=O)[O-]. The molecule has 3 N–H and O–H groups in total. The van der Waals surface area contributed by atoms with Crippen LogP contribution in [0.3, 0.4) is 0 Å². The molecule has 0 fully saturated rings. The minimum atomic E-state index is -4.75. The Hall–Kier alpha value is -3.71. The molecule has 0 spiro atoms. The van der Waals surface area contributed by atoms with Gasteiger partial charge in [-0.1, -0.05) is 48.8 Å². The van der Waals surface area contributed by atoms with E-state index < -0.39 is 52.7 Å². The Morgan fingerprint density at radius 3 is 2.19 bits per heavy atom. The van der Waals surface area contributed by atoms with Crippen molar-refractivity contribution in [3.8, 4) is 0 Å². The van der Waals surface area contributed by atoms with Gasteiger partial charge in [0.2, 0.25) is 11.6 Å². The molecule has 2 heterocycles. The van der Waals surface area contributed by atoms with Gasteiger partial charge < -0.3 is 18.6 Å². The van der Waals surface area contributed by atoms with Crippen LogP contribution < -0.4 is 16.2 Å². The summed E-state index contributed by atoms with van der Waals surface area (Å²) in [6.45, 7) is 8.27. The van der Waals surface area contributed by atoms with Crippen LogP contribution in [-0.4, -0.2) is 79.7 Å². The molecular weight excluding hydrogens is 757 g/mol. The number of rotatable bonds is 18. The largest absolute Gasteiger partial charge is 0.748 e. The van der Waals surface area contributed by atoms with Gasteiger partial charge in [-0.25, -0.2) is 31.1 Å². The summed E-state index contributed by atoms with van der Waals surface area (Å²) in [7, 11) is -13.6. The molecule has 17 heteroatoms. The molecule has 2 aliphatic heterocycles. The van der Waals surface area contributed by atoms with Gasteiger partial charge in [0.15, 0.2) is 5.71 Å². The molecule has 2 aromatic carbocycles. The summed E-state index contributed by atoms with van der Waals surface area (Å²) >= 11 is 0. The monoisotopic (exact) mass is 804 g/mol. The number of allylic oxidation sites excluding steroid dienone is 6. The fourth-order valence-electron chi connectivity index (χ4n) is 7.39. The maximum absolute atomic E-state index is 11.9. The highest BCUT2D eigenvalue weighted by atomic mass is 32.2. The third-order valence-corrected chi connectivity index (χ3v) is 12.5. The van der Waals surface area contributed by atoms with Crippen LogP contribution in [-0.2, 0) is 46.0 Å². The number of nitrogens with one attached hydrogen (secondary N) is 1. The van der Waals surface area contributed by atoms with Crippen molar-refractivity contribution in [2.75, 3.05) is 29.5 Å². The Kier molecular flexibility index (Phi) is 13.5. The average molecular weight is 805 g/mol. The van der Waals surface area contributed by atoms with E-state index in [1.54, 1.807) is 12.2 Å². The zero-order valence-corrected chi connectivity index (χ0v) is 33.4. The normalized spacial score (nSPS) is 19.3. The molecule has 4 rings (SSSR count). The van der Waals surface area contributed by atoms with Gasteiger partial charge in [-0.15, -0.1) is 0 Å². The highest BCUT2D eigenvalue weighted by molar-refractivity contribution is 7.86. The lowest BCUT2D eigenvalue weighted by Crippen LogP contribution is -2.30. The third-order valence-electron chi connectivity index (χ3n) is 10.1. The Morgan fingerprint density at radius 2 is 1.54 bits per heavy atom. The third kappa shape index (κ3) is 10.5. The van der Waals surface area contributed by atoms with Crippen molar-refractivity contribution < 1.29 is 48.3 Å². The van der Waals surface area contributed by atoms with E-state index in [1.165, 1.54) is 18.2 Å². The second kappa shape index (κ2) is 17.0. The molecule has 1 unspecified atom stereocenters. The van der Waals surface area contributed by atoms with E-state index in [1.807, 2.05) is 55.7 Å². The van der Waals surface area contributed by atoms with Gasteiger partial charge >= 0.3 is 0 Å². The summed E-state index contributed by atoms with van der Waals surface area (Å²) in [4.78, 5) is 13.3. The van der Waals surface area contributed by atoms with Gasteiger partial charge in [0, 0.05) is 65.4 Å². The van der Waals surface area contributed by atoms with Crippen LogP contribution >= 0.6 is 0 Å². The lowest BCUT2D eigenvalue weighted by molar-refractivity contribution is -0.437. The molecular formula is C37H48N4O10S3-2. The zero-order valence-electron chi connectivity index (χ0n) is 30.9. The van der Waals surface area contributed by atoms with E-state index in [0.717, 1.165) is 41.8 Å². The number of benzene rings is 2. The number of amides is 1. The number of aryl methyl sites for hydroxylation is 1. The van der Waals surface area contributed by atoms with Gasteiger partial charge in [0.05, 0.1) is 30.5 Å². The summed E-state index contributed by atoms with van der Waals surface area (Å²) in [5.74, 6) is 3.90. The van der Waals surface area contributed by atoms with Gasteiger partial charge in [-0.05, 0) is 76.8 Å². The number of hydrogen-bond donors (Lipinski definition) is 2. The van der Waals surface area contributed by atoms with Crippen molar-refractivity contribution in [2.24, 2.45) is 5.84 Å². The van der Waals surface area contributed by atoms with E-state index in [9.17, 15) is 43.7 Å². The highest BCUT2D eigenvalue weighted by Crippen LogP contribution is 2.51. The molecule has 2 aliphatic rings. The van der Waals surface area contributed by atoms with Crippen LogP contribution in [0.2, 0.25) is 0 Å². The number of carbonyl (C=O) groups is 1.